The molecule has 0 atom stereocenters. The van der Waals surface area contributed by atoms with Gasteiger partial charge in [0.05, 0.1) is 16.8 Å². The van der Waals surface area contributed by atoms with Gasteiger partial charge in [0, 0.05) is 45.4 Å². The van der Waals surface area contributed by atoms with Crippen molar-refractivity contribution in [1.82, 2.24) is 9.97 Å². The Morgan fingerprint density at radius 3 is 1.00 bits per heavy atom. The summed E-state index contributed by atoms with van der Waals surface area (Å²) < 4.78 is 6.27. The highest BCUT2D eigenvalue weighted by Crippen LogP contribution is 2.63. The molecule has 114 heavy (non-hydrogen) atoms. The minimum absolute atomic E-state index is 0.377. The number of hydrogen-bond acceptors (Lipinski definition) is 3. The van der Waals surface area contributed by atoms with Crippen molar-refractivity contribution >= 4 is 97.3 Å². The lowest BCUT2D eigenvalue weighted by atomic mass is 9.70. The van der Waals surface area contributed by atoms with Crippen molar-refractivity contribution in [3.05, 3.63) is 435 Å². The van der Waals surface area contributed by atoms with Crippen LogP contribution in [0.2, 0.25) is 0 Å². The molecule has 2 aliphatic carbocycles. The van der Waals surface area contributed by atoms with Gasteiger partial charge in [0.2, 0.25) is 0 Å². The highest BCUT2D eigenvalue weighted by atomic mass is 16.3. The monoisotopic (exact) mass is 1440 g/mol. The molecule has 0 amide bonds. The molecule has 1 spiro atoms. The van der Waals surface area contributed by atoms with E-state index in [-0.39, 0.29) is 5.41 Å². The van der Waals surface area contributed by atoms with Crippen molar-refractivity contribution in [1.29, 1.82) is 0 Å². The smallest absolute Gasteiger partial charge is 0.136 e. The predicted octanol–water partition coefficient (Wildman–Crippen LogP) is 29.8. The van der Waals surface area contributed by atoms with Gasteiger partial charge in [0.15, 0.2) is 0 Å². The van der Waals surface area contributed by atoms with Gasteiger partial charge in [0.1, 0.15) is 11.2 Å². The maximum absolute atomic E-state index is 6.27. The lowest BCUT2D eigenvalue weighted by Gasteiger charge is -2.30. The van der Waals surface area contributed by atoms with E-state index in [0.29, 0.717) is 0 Å². The second-order valence-electron chi connectivity index (χ2n) is 30.4. The van der Waals surface area contributed by atoms with E-state index >= 15 is 0 Å². The Morgan fingerprint density at radius 1 is 0.175 bits per heavy atom. The van der Waals surface area contributed by atoms with Crippen LogP contribution in [-0.2, 0) is 5.41 Å². The lowest BCUT2D eigenvalue weighted by molar-refractivity contribution is 0.669. The quantitative estimate of drug-likeness (QED) is 0.142. The molecule has 3 heteroatoms. The van der Waals surface area contributed by atoms with Crippen molar-refractivity contribution in [3.8, 4) is 112 Å². The van der Waals surface area contributed by atoms with Crippen LogP contribution < -0.4 is 0 Å². The van der Waals surface area contributed by atoms with E-state index in [1.165, 1.54) is 176 Å². The predicted molar refractivity (Wildman–Crippen MR) is 478 cm³/mol. The number of nitrogens with zero attached hydrogens (tertiary/aromatic N) is 2. The molecule has 3 nitrogen and oxygen atoms in total. The number of aromatic nitrogens is 2. The number of fused-ring (bicyclic) bond motifs is 20. The highest BCUT2D eigenvalue weighted by Gasteiger charge is 2.51. The fraction of sp³-hybridized carbons (Fsp3) is 0.00901. The summed E-state index contributed by atoms with van der Waals surface area (Å²) in [4.78, 5) is 10.4. The maximum Gasteiger partial charge on any atom is 0.136 e. The highest BCUT2D eigenvalue weighted by molar-refractivity contribution is 6.23. The number of hydrogen-bond donors (Lipinski definition) is 0. The minimum atomic E-state index is -0.377. The Bertz CT molecular complexity index is 7510. The molecule has 0 unspecified atom stereocenters. The van der Waals surface area contributed by atoms with Crippen LogP contribution in [0.15, 0.2) is 417 Å². The summed E-state index contributed by atoms with van der Waals surface area (Å²) >= 11 is 0. The van der Waals surface area contributed by atoms with Crippen LogP contribution >= 0.6 is 0 Å². The molecule has 0 aliphatic heterocycles. The Hall–Kier alpha value is -14.9. The Labute approximate surface area is 659 Å². The molecule has 0 saturated carbocycles. The van der Waals surface area contributed by atoms with Gasteiger partial charge < -0.3 is 4.42 Å². The van der Waals surface area contributed by atoms with Gasteiger partial charge in [-0.25, -0.2) is 0 Å². The second kappa shape index (κ2) is 26.1. The Morgan fingerprint density at radius 2 is 0.518 bits per heavy atom. The fourth-order valence-corrected chi connectivity index (χ4v) is 19.4. The van der Waals surface area contributed by atoms with E-state index in [1.807, 2.05) is 6.20 Å². The molecular formula is C111H68N2O. The van der Waals surface area contributed by atoms with Crippen LogP contribution in [0.3, 0.4) is 0 Å². The van der Waals surface area contributed by atoms with E-state index in [4.69, 9.17) is 14.4 Å². The number of furan rings is 1. The topological polar surface area (TPSA) is 38.9 Å². The minimum Gasteiger partial charge on any atom is -0.456 e. The standard InChI is InChI=1S/C60H37N.C51H31NO/c1-2-16-43-38(14-1)15-13-24-44(43)39-28-30-40(31-29-39)58-49-20-3-5-22-51(49)59(52-23-6-4-21-50(52)58)57-35-33-42(37-61-57)41-32-34-48-47-19-9-12-27-55(47)60(56(48)36-41)53-25-10-7-17-45(53)46-18-8-11-26-54(46)60;1-2-12-36-30-49-46(28-35(36)11-1)45-29-37(25-27-48(45)53-49)47-26-24-38(31-52-47)51-43-17-7-5-15-41(43)50(42-16-6-8-18-44(42)51)34-22-20-33(21-23-34)40-19-9-13-32-10-3-4-14-39(32)40/h1-37H;1-31H. The number of pyridine rings is 2. The lowest BCUT2D eigenvalue weighted by Crippen LogP contribution is -2.25. The van der Waals surface area contributed by atoms with Crippen LogP contribution in [0, 0.1) is 0 Å². The zero-order chi connectivity index (χ0) is 75.0. The summed E-state index contributed by atoms with van der Waals surface area (Å²) in [6, 6.07) is 146. The first-order valence-corrected chi connectivity index (χ1v) is 39.3. The molecule has 0 N–H and O–H groups in total. The third-order valence-electron chi connectivity index (χ3n) is 24.4. The van der Waals surface area contributed by atoms with Crippen LogP contribution in [0.5, 0.6) is 0 Å². The van der Waals surface area contributed by atoms with Gasteiger partial charge in [-0.1, -0.05) is 352 Å². The molecule has 22 aromatic rings. The molecular weight excluding hydrogens is 1380 g/mol. The molecule has 24 rings (SSSR count). The van der Waals surface area contributed by atoms with Crippen molar-refractivity contribution in [3.63, 3.8) is 0 Å². The first-order valence-electron chi connectivity index (χ1n) is 39.3. The second-order valence-corrected chi connectivity index (χ2v) is 30.4. The van der Waals surface area contributed by atoms with Crippen LogP contribution in [0.4, 0.5) is 0 Å². The first kappa shape index (κ1) is 65.0. The third kappa shape index (κ3) is 10.2. The first-order chi connectivity index (χ1) is 56.5. The molecule has 2 aliphatic rings. The normalized spacial score (nSPS) is 12.5. The zero-order valence-corrected chi connectivity index (χ0v) is 62.1. The summed E-state index contributed by atoms with van der Waals surface area (Å²) in [7, 11) is 0. The van der Waals surface area contributed by atoms with Crippen LogP contribution in [-0.4, -0.2) is 9.97 Å². The SMILES string of the molecule is c1ccc2c(c1)-c1ccccc1C21c2ccccc2-c2ccc(-c3ccc(-c4c5ccccc5c(-c5ccc(-c6cccc7ccccc67)cc5)c5ccccc45)nc3)cc21.c1ccc2cc3c(cc2c1)oc1ccc(-c2ccc(-c4c5ccccc5c(-c5ccc(-c6cccc7ccccc67)cc5)c5ccccc45)cn2)cc13. The third-order valence-corrected chi connectivity index (χ3v) is 24.4. The number of benzene rings is 19. The van der Waals surface area contributed by atoms with E-state index in [2.05, 4.69) is 407 Å². The zero-order valence-electron chi connectivity index (χ0n) is 62.1. The molecule has 0 fully saturated rings. The number of rotatable bonds is 8. The molecule has 0 radical (unpaired) electrons. The van der Waals surface area contributed by atoms with Crippen molar-refractivity contribution in [2.45, 2.75) is 5.41 Å². The van der Waals surface area contributed by atoms with Crippen molar-refractivity contribution in [2.24, 2.45) is 0 Å². The largest absolute Gasteiger partial charge is 0.456 e. The van der Waals surface area contributed by atoms with Crippen LogP contribution in [0.1, 0.15) is 22.3 Å². The van der Waals surface area contributed by atoms with Crippen molar-refractivity contribution in [2.75, 3.05) is 0 Å². The van der Waals surface area contributed by atoms with Gasteiger partial charge >= 0.3 is 0 Å². The Kier molecular flexibility index (Phi) is 14.9. The summed E-state index contributed by atoms with van der Waals surface area (Å²) in [5.74, 6) is 0. The van der Waals surface area contributed by atoms with Gasteiger partial charge in [-0.2, -0.15) is 0 Å². The Balaban J connectivity index is 0.000000137. The van der Waals surface area contributed by atoms with E-state index in [1.54, 1.807) is 0 Å². The molecule has 0 saturated heterocycles. The molecule has 19 aromatic carbocycles. The maximum atomic E-state index is 6.27. The summed E-state index contributed by atoms with van der Waals surface area (Å²) in [5.41, 5.74) is 30.6. The van der Waals surface area contributed by atoms with Gasteiger partial charge in [-0.3, -0.25) is 9.97 Å². The fourth-order valence-electron chi connectivity index (χ4n) is 19.4. The molecule has 528 valence electrons. The summed E-state index contributed by atoms with van der Waals surface area (Å²) in [6.45, 7) is 0. The van der Waals surface area contributed by atoms with Gasteiger partial charge in [0.25, 0.3) is 0 Å². The van der Waals surface area contributed by atoms with E-state index in [0.717, 1.165) is 55.6 Å². The molecule has 0 bridgehead atoms. The molecule has 3 heterocycles. The van der Waals surface area contributed by atoms with E-state index < -0.39 is 0 Å². The average Bonchev–Trinajstić information content (AvgIpc) is 1.51. The molecule has 3 aromatic heterocycles. The average molecular weight is 1450 g/mol. The van der Waals surface area contributed by atoms with Gasteiger partial charge in [-0.05, 0) is 224 Å². The summed E-state index contributed by atoms with van der Waals surface area (Å²) in [5, 5.41) is 19.4. The van der Waals surface area contributed by atoms with E-state index in [9.17, 15) is 0 Å². The van der Waals surface area contributed by atoms with Gasteiger partial charge in [-0.15, -0.1) is 0 Å². The van der Waals surface area contributed by atoms with Crippen molar-refractivity contribution < 1.29 is 4.42 Å². The summed E-state index contributed by atoms with van der Waals surface area (Å²) in [6.07, 6.45) is 4.11. The van der Waals surface area contributed by atoms with Crippen LogP contribution in [0.25, 0.3) is 209 Å².